The third-order valence-corrected chi connectivity index (χ3v) is 1.76. The van der Waals surface area contributed by atoms with Gasteiger partial charge in [0.25, 0.3) is 0 Å². The molecule has 0 saturated carbocycles. The molecule has 0 heterocycles. The van der Waals surface area contributed by atoms with E-state index >= 15 is 0 Å². The van der Waals surface area contributed by atoms with Gasteiger partial charge in [0, 0.05) is 0 Å². The van der Waals surface area contributed by atoms with Crippen LogP contribution in [-0.4, -0.2) is 11.2 Å². The molecule has 13 heavy (non-hydrogen) atoms. The lowest BCUT2D eigenvalue weighted by atomic mass is 9.98. The monoisotopic (exact) mass is 182 g/mol. The summed E-state index contributed by atoms with van der Waals surface area (Å²) in [7, 11) is 0. The van der Waals surface area contributed by atoms with E-state index in [1.807, 2.05) is 12.2 Å². The minimum Gasteiger partial charge on any atom is -0.389 e. The molecule has 0 aromatic carbocycles. The zero-order valence-electron chi connectivity index (χ0n) is 9.41. The van der Waals surface area contributed by atoms with Crippen LogP contribution in [-0.2, 0) is 0 Å². The fourth-order valence-electron chi connectivity index (χ4n) is 1.08. The molecule has 0 aliphatic heterocycles. The molecular weight excluding hydrogens is 160 g/mol. The molecule has 1 heteroatoms. The van der Waals surface area contributed by atoms with E-state index in [1.54, 1.807) is 6.92 Å². The first-order valence-corrected chi connectivity index (χ1v) is 5.01. The Morgan fingerprint density at radius 1 is 1.08 bits per heavy atom. The second kappa shape index (κ2) is 5.98. The van der Waals surface area contributed by atoms with Crippen LogP contribution in [0.3, 0.4) is 0 Å². The number of hydrogen-bond donors (Lipinski definition) is 1. The third kappa shape index (κ3) is 6.59. The van der Waals surface area contributed by atoms with Gasteiger partial charge < -0.3 is 5.11 Å². The van der Waals surface area contributed by atoms with Crippen LogP contribution >= 0.6 is 0 Å². The Balaban J connectivity index is 4.44. The van der Waals surface area contributed by atoms with Crippen LogP contribution in [0.4, 0.5) is 0 Å². The van der Waals surface area contributed by atoms with Gasteiger partial charge in [-0.15, -0.1) is 0 Å². The van der Waals surface area contributed by atoms with Crippen molar-refractivity contribution in [3.8, 4) is 0 Å². The highest BCUT2D eigenvalue weighted by Gasteiger charge is 2.00. The zero-order valence-corrected chi connectivity index (χ0v) is 9.41. The summed E-state index contributed by atoms with van der Waals surface area (Å²) < 4.78 is 0. The van der Waals surface area contributed by atoms with Crippen LogP contribution < -0.4 is 0 Å². The summed E-state index contributed by atoms with van der Waals surface area (Å²) in [6.45, 7) is 10.4. The Morgan fingerprint density at radius 2 is 1.62 bits per heavy atom. The second-order valence-electron chi connectivity index (χ2n) is 4.17. The number of aliphatic hydroxyl groups excluding tert-OH is 1. The minimum absolute atomic E-state index is 0.352. The summed E-state index contributed by atoms with van der Waals surface area (Å²) in [5.41, 5.74) is 1.30. The van der Waals surface area contributed by atoms with Crippen LogP contribution in [0.2, 0.25) is 0 Å². The van der Waals surface area contributed by atoms with Crippen LogP contribution in [0.1, 0.15) is 34.6 Å². The fraction of sp³-hybridized carbons (Fsp3) is 0.667. The predicted octanol–water partition coefficient (Wildman–Crippen LogP) is 3.16. The number of allylic oxidation sites excluding steroid dienone is 3. The Hall–Kier alpha value is -0.560. The molecule has 0 fully saturated rings. The molecule has 1 N–H and O–H groups in total. The summed E-state index contributed by atoms with van der Waals surface area (Å²) in [5.74, 6) is 1.09. The van der Waals surface area contributed by atoms with E-state index in [-0.39, 0.29) is 6.10 Å². The maximum atomic E-state index is 9.10. The van der Waals surface area contributed by atoms with Crippen molar-refractivity contribution < 1.29 is 5.11 Å². The number of rotatable bonds is 4. The summed E-state index contributed by atoms with van der Waals surface area (Å²) in [6.07, 6.45) is 5.74. The normalized spacial score (nSPS) is 16.2. The van der Waals surface area contributed by atoms with Gasteiger partial charge in [-0.3, -0.25) is 0 Å². The average Bonchev–Trinajstić information content (AvgIpc) is 1.96. The first kappa shape index (κ1) is 12.4. The van der Waals surface area contributed by atoms with Gasteiger partial charge in [-0.1, -0.05) is 45.9 Å². The van der Waals surface area contributed by atoms with Crippen molar-refractivity contribution in [2.24, 2.45) is 11.8 Å². The molecular formula is C12H22O. The molecule has 0 rings (SSSR count). The van der Waals surface area contributed by atoms with Gasteiger partial charge in [0.15, 0.2) is 0 Å². The molecule has 0 saturated heterocycles. The topological polar surface area (TPSA) is 20.2 Å². The highest BCUT2D eigenvalue weighted by atomic mass is 16.3. The van der Waals surface area contributed by atoms with Crippen molar-refractivity contribution in [3.05, 3.63) is 23.8 Å². The number of hydrogen-bond acceptors (Lipinski definition) is 1. The van der Waals surface area contributed by atoms with Gasteiger partial charge in [-0.05, 0) is 24.3 Å². The molecule has 1 unspecified atom stereocenters. The van der Waals surface area contributed by atoms with Crippen LogP contribution in [0.15, 0.2) is 23.8 Å². The molecule has 0 radical (unpaired) electrons. The maximum absolute atomic E-state index is 9.10. The smallest absolute Gasteiger partial charge is 0.0695 e. The molecule has 0 aliphatic carbocycles. The lowest BCUT2D eigenvalue weighted by Gasteiger charge is -2.08. The van der Waals surface area contributed by atoms with Crippen LogP contribution in [0, 0.1) is 11.8 Å². The van der Waals surface area contributed by atoms with Crippen molar-refractivity contribution in [2.45, 2.75) is 40.7 Å². The largest absolute Gasteiger partial charge is 0.389 e. The third-order valence-electron chi connectivity index (χ3n) is 1.76. The molecule has 0 aliphatic rings. The van der Waals surface area contributed by atoms with Crippen LogP contribution in [0.5, 0.6) is 0 Å². The minimum atomic E-state index is -0.352. The lowest BCUT2D eigenvalue weighted by molar-refractivity contribution is 0.244. The van der Waals surface area contributed by atoms with E-state index in [1.165, 1.54) is 5.57 Å². The summed E-state index contributed by atoms with van der Waals surface area (Å²) in [6, 6.07) is 0. The van der Waals surface area contributed by atoms with Crippen molar-refractivity contribution in [1.29, 1.82) is 0 Å². The van der Waals surface area contributed by atoms with Crippen molar-refractivity contribution in [3.63, 3.8) is 0 Å². The standard InChI is InChI=1S/C12H22O/c1-9(2)8-12(10(3)4)7-6-11(5)13/h6-11,13H,1-5H3. The quantitative estimate of drug-likeness (QED) is 0.662. The number of aliphatic hydroxyl groups is 1. The summed E-state index contributed by atoms with van der Waals surface area (Å²) in [5, 5.41) is 9.10. The molecule has 0 aromatic heterocycles. The molecule has 1 nitrogen and oxygen atoms in total. The average molecular weight is 182 g/mol. The van der Waals surface area contributed by atoms with E-state index < -0.39 is 0 Å². The van der Waals surface area contributed by atoms with E-state index in [2.05, 4.69) is 33.8 Å². The van der Waals surface area contributed by atoms with Crippen LogP contribution in [0.25, 0.3) is 0 Å². The first-order valence-electron chi connectivity index (χ1n) is 5.01. The Kier molecular flexibility index (Phi) is 5.72. The zero-order chi connectivity index (χ0) is 10.4. The van der Waals surface area contributed by atoms with Crippen molar-refractivity contribution in [2.75, 3.05) is 0 Å². The molecule has 0 spiro atoms. The summed E-state index contributed by atoms with van der Waals surface area (Å²) in [4.78, 5) is 0. The van der Waals surface area contributed by atoms with Gasteiger partial charge in [0.2, 0.25) is 0 Å². The highest BCUT2D eigenvalue weighted by Crippen LogP contribution is 2.14. The molecule has 76 valence electrons. The van der Waals surface area contributed by atoms with E-state index in [0.717, 1.165) is 0 Å². The second-order valence-corrected chi connectivity index (χ2v) is 4.17. The molecule has 0 aromatic rings. The van der Waals surface area contributed by atoms with Crippen molar-refractivity contribution >= 4 is 0 Å². The summed E-state index contributed by atoms with van der Waals surface area (Å²) >= 11 is 0. The van der Waals surface area contributed by atoms with E-state index in [9.17, 15) is 0 Å². The molecule has 0 bridgehead atoms. The molecule has 1 atom stereocenters. The predicted molar refractivity (Wildman–Crippen MR) is 58.6 cm³/mol. The van der Waals surface area contributed by atoms with Gasteiger partial charge in [0.1, 0.15) is 0 Å². The van der Waals surface area contributed by atoms with Crippen molar-refractivity contribution in [1.82, 2.24) is 0 Å². The Morgan fingerprint density at radius 3 is 1.92 bits per heavy atom. The highest BCUT2D eigenvalue weighted by molar-refractivity contribution is 5.21. The SMILES string of the molecule is CC(C)C=C(C=CC(C)O)C(C)C. The Bertz CT molecular complexity index is 185. The van der Waals surface area contributed by atoms with Gasteiger partial charge in [-0.2, -0.15) is 0 Å². The molecule has 0 amide bonds. The van der Waals surface area contributed by atoms with Gasteiger partial charge in [-0.25, -0.2) is 0 Å². The maximum Gasteiger partial charge on any atom is 0.0695 e. The van der Waals surface area contributed by atoms with Gasteiger partial charge >= 0.3 is 0 Å². The van der Waals surface area contributed by atoms with E-state index in [4.69, 9.17) is 5.11 Å². The van der Waals surface area contributed by atoms with E-state index in [0.29, 0.717) is 11.8 Å². The fourth-order valence-corrected chi connectivity index (χ4v) is 1.08. The Labute approximate surface area is 82.2 Å². The van der Waals surface area contributed by atoms with Gasteiger partial charge in [0.05, 0.1) is 6.10 Å². The first-order chi connectivity index (χ1) is 5.93. The lowest BCUT2D eigenvalue weighted by Crippen LogP contribution is -1.97.